The highest BCUT2D eigenvalue weighted by molar-refractivity contribution is 7.99. The molecule has 0 aliphatic carbocycles. The highest BCUT2D eigenvalue weighted by atomic mass is 35.5. The second-order valence-electron chi connectivity index (χ2n) is 8.02. The van der Waals surface area contributed by atoms with Gasteiger partial charge in [-0.2, -0.15) is 0 Å². The number of Topliss-reactive ketones (excluding diaryl/α,β-unsaturated/α-hetero) is 1. The van der Waals surface area contributed by atoms with Gasteiger partial charge in [0, 0.05) is 23.5 Å². The van der Waals surface area contributed by atoms with E-state index < -0.39 is 0 Å². The van der Waals surface area contributed by atoms with Crippen molar-refractivity contribution < 1.29 is 9.53 Å². The van der Waals surface area contributed by atoms with Crippen LogP contribution in [0.2, 0.25) is 5.02 Å². The van der Waals surface area contributed by atoms with E-state index in [-0.39, 0.29) is 17.1 Å². The Morgan fingerprint density at radius 2 is 1.91 bits per heavy atom. The molecule has 0 amide bonds. The minimum atomic E-state index is -0.220. The number of methoxy groups -OCH3 is 1. The normalized spacial score (nSPS) is 11.2. The van der Waals surface area contributed by atoms with Crippen molar-refractivity contribution in [3.63, 3.8) is 0 Å². The number of hydrogen-bond acceptors (Lipinski definition) is 5. The van der Waals surface area contributed by atoms with Crippen LogP contribution in [0.4, 0.5) is 0 Å². The number of hydrogen-bond donors (Lipinski definition) is 0. The molecule has 4 aromatic rings. The molecule has 0 atom stereocenters. The number of ether oxygens (including phenoxy) is 1. The third-order valence-electron chi connectivity index (χ3n) is 5.79. The van der Waals surface area contributed by atoms with Gasteiger partial charge in [-0.25, -0.2) is 4.98 Å². The monoisotopic (exact) mass is 495 g/mol. The third-order valence-corrected chi connectivity index (χ3v) is 7.03. The Labute approximate surface area is 207 Å². The summed E-state index contributed by atoms with van der Waals surface area (Å²) in [5.74, 6) is 0.673. The smallest absolute Gasteiger partial charge is 0.266 e. The first-order valence-electron chi connectivity index (χ1n) is 11.0. The van der Waals surface area contributed by atoms with Gasteiger partial charge in [0.05, 0.1) is 34.5 Å². The molecule has 176 valence electrons. The van der Waals surface area contributed by atoms with Crippen LogP contribution < -0.4 is 10.3 Å². The predicted octanol–water partition coefficient (Wildman–Crippen LogP) is 5.85. The molecule has 2 heterocycles. The predicted molar refractivity (Wildman–Crippen MR) is 138 cm³/mol. The van der Waals surface area contributed by atoms with Gasteiger partial charge in [0.15, 0.2) is 10.9 Å². The van der Waals surface area contributed by atoms with Crippen molar-refractivity contribution in [3.05, 3.63) is 80.9 Å². The van der Waals surface area contributed by atoms with Gasteiger partial charge in [-0.05, 0) is 56.7 Å². The summed E-state index contributed by atoms with van der Waals surface area (Å²) >= 11 is 7.59. The highest BCUT2D eigenvalue weighted by Crippen LogP contribution is 2.29. The lowest BCUT2D eigenvalue weighted by Crippen LogP contribution is -2.22. The molecule has 8 heteroatoms. The Morgan fingerprint density at radius 3 is 2.62 bits per heavy atom. The van der Waals surface area contributed by atoms with E-state index in [1.54, 1.807) is 36.4 Å². The number of halogens is 1. The molecule has 0 unspecified atom stereocenters. The molecule has 0 saturated carbocycles. The lowest BCUT2D eigenvalue weighted by Gasteiger charge is -2.14. The minimum absolute atomic E-state index is 0.00201. The summed E-state index contributed by atoms with van der Waals surface area (Å²) in [5.41, 5.74) is 3.67. The molecule has 0 bridgehead atoms. The topological polar surface area (TPSA) is 66.1 Å². The maximum absolute atomic E-state index is 13.5. The van der Waals surface area contributed by atoms with E-state index in [4.69, 9.17) is 21.3 Å². The second kappa shape index (κ2) is 10.1. The zero-order valence-electron chi connectivity index (χ0n) is 19.6. The van der Waals surface area contributed by atoms with Gasteiger partial charge in [-0.3, -0.25) is 14.2 Å². The zero-order valence-corrected chi connectivity index (χ0v) is 21.2. The van der Waals surface area contributed by atoms with Gasteiger partial charge in [0.1, 0.15) is 5.75 Å². The largest absolute Gasteiger partial charge is 0.495 e. The number of aryl methyl sites for hydroxylation is 1. The molecular formula is C26H26ClN3O3S. The quantitative estimate of drug-likeness (QED) is 0.174. The molecule has 0 fully saturated rings. The molecule has 0 radical (unpaired) electrons. The number of thioether (sulfide) groups is 1. The van der Waals surface area contributed by atoms with Gasteiger partial charge < -0.3 is 9.30 Å². The average Bonchev–Trinajstić information content (AvgIpc) is 3.11. The Morgan fingerprint density at radius 1 is 1.15 bits per heavy atom. The van der Waals surface area contributed by atoms with E-state index in [1.807, 2.05) is 26.0 Å². The Kier molecular flexibility index (Phi) is 7.14. The van der Waals surface area contributed by atoms with Crippen LogP contribution in [-0.4, -0.2) is 32.8 Å². The number of carbonyl (C=O) groups excluding carboxylic acids is 1. The Hall–Kier alpha value is -3.03. The number of carbonyl (C=O) groups is 1. The summed E-state index contributed by atoms with van der Waals surface area (Å²) in [6.45, 7) is 6.99. The van der Waals surface area contributed by atoms with Gasteiger partial charge in [-0.1, -0.05) is 42.4 Å². The number of para-hydroxylation sites is 1. The van der Waals surface area contributed by atoms with Crippen LogP contribution in [0.3, 0.4) is 0 Å². The standard InChI is InChI=1S/C26H26ClN3O3S/c1-5-12-29-16(2)13-20(17(29)3)23(31)15-34-26-28-22-9-7-6-8-19(22)25(32)30(26)18-10-11-24(33-4)21(27)14-18/h6-11,13-14H,5,12,15H2,1-4H3. The van der Waals surface area contributed by atoms with Crippen molar-refractivity contribution >= 4 is 40.0 Å². The minimum Gasteiger partial charge on any atom is -0.495 e. The number of nitrogens with zero attached hydrogens (tertiary/aromatic N) is 3. The lowest BCUT2D eigenvalue weighted by atomic mass is 10.2. The van der Waals surface area contributed by atoms with Crippen LogP contribution in [-0.2, 0) is 6.54 Å². The van der Waals surface area contributed by atoms with Crippen LogP contribution >= 0.6 is 23.4 Å². The molecule has 0 aliphatic rings. The van der Waals surface area contributed by atoms with Crippen LogP contribution in [0.1, 0.15) is 35.1 Å². The van der Waals surface area contributed by atoms with Crippen molar-refractivity contribution in [1.82, 2.24) is 14.1 Å². The van der Waals surface area contributed by atoms with E-state index in [0.717, 1.165) is 24.4 Å². The molecule has 2 aromatic carbocycles. The maximum atomic E-state index is 13.5. The number of rotatable bonds is 8. The molecule has 0 aliphatic heterocycles. The number of benzene rings is 2. The van der Waals surface area contributed by atoms with E-state index in [9.17, 15) is 9.59 Å². The van der Waals surface area contributed by atoms with Crippen molar-refractivity contribution in [2.45, 2.75) is 38.9 Å². The van der Waals surface area contributed by atoms with E-state index >= 15 is 0 Å². The second-order valence-corrected chi connectivity index (χ2v) is 9.37. The summed E-state index contributed by atoms with van der Waals surface area (Å²) in [7, 11) is 1.54. The van der Waals surface area contributed by atoms with Crippen LogP contribution in [0, 0.1) is 13.8 Å². The summed E-state index contributed by atoms with van der Waals surface area (Å²) in [6, 6.07) is 14.3. The molecule has 0 spiro atoms. The van der Waals surface area contributed by atoms with Crippen LogP contribution in [0.15, 0.2) is 58.5 Å². The van der Waals surface area contributed by atoms with E-state index in [2.05, 4.69) is 11.5 Å². The first-order valence-corrected chi connectivity index (χ1v) is 12.4. The van der Waals surface area contributed by atoms with Gasteiger partial charge in [-0.15, -0.1) is 0 Å². The molecular weight excluding hydrogens is 470 g/mol. The fraction of sp³-hybridized carbons (Fsp3) is 0.269. The van der Waals surface area contributed by atoms with Gasteiger partial charge >= 0.3 is 0 Å². The summed E-state index contributed by atoms with van der Waals surface area (Å²) in [5, 5.41) is 1.31. The number of ketones is 1. The fourth-order valence-electron chi connectivity index (χ4n) is 4.09. The lowest BCUT2D eigenvalue weighted by molar-refractivity contribution is 0.102. The summed E-state index contributed by atoms with van der Waals surface area (Å²) < 4.78 is 8.92. The Bertz CT molecular complexity index is 1440. The van der Waals surface area contributed by atoms with Crippen LogP contribution in [0.5, 0.6) is 5.75 Å². The first kappa shape index (κ1) is 24.1. The number of aromatic nitrogens is 3. The molecule has 0 saturated heterocycles. The van der Waals surface area contributed by atoms with E-state index in [0.29, 0.717) is 38.1 Å². The molecule has 2 aromatic heterocycles. The number of fused-ring (bicyclic) bond motifs is 1. The SMILES string of the molecule is CCCn1c(C)cc(C(=O)CSc2nc3ccccc3c(=O)n2-c2ccc(OC)c(Cl)c2)c1C. The first-order chi connectivity index (χ1) is 16.3. The van der Waals surface area contributed by atoms with Gasteiger partial charge in [0.2, 0.25) is 0 Å². The fourth-order valence-corrected chi connectivity index (χ4v) is 5.24. The summed E-state index contributed by atoms with van der Waals surface area (Å²) in [6.07, 6.45) is 0.996. The molecule has 4 rings (SSSR count). The highest BCUT2D eigenvalue weighted by Gasteiger charge is 2.19. The van der Waals surface area contributed by atoms with Crippen molar-refractivity contribution in [2.24, 2.45) is 0 Å². The van der Waals surface area contributed by atoms with Crippen molar-refractivity contribution in [1.29, 1.82) is 0 Å². The van der Waals surface area contributed by atoms with Crippen LogP contribution in [0.25, 0.3) is 16.6 Å². The average molecular weight is 496 g/mol. The molecule has 6 nitrogen and oxygen atoms in total. The molecule has 34 heavy (non-hydrogen) atoms. The Balaban J connectivity index is 1.74. The summed E-state index contributed by atoms with van der Waals surface area (Å²) in [4.78, 5) is 31.3. The third kappa shape index (κ3) is 4.50. The van der Waals surface area contributed by atoms with E-state index in [1.165, 1.54) is 23.4 Å². The van der Waals surface area contributed by atoms with Crippen molar-refractivity contribution in [2.75, 3.05) is 12.9 Å². The molecule has 0 N–H and O–H groups in total. The zero-order chi connectivity index (χ0) is 24.4. The van der Waals surface area contributed by atoms with Gasteiger partial charge in [0.25, 0.3) is 5.56 Å². The van der Waals surface area contributed by atoms with Crippen molar-refractivity contribution in [3.8, 4) is 11.4 Å². The maximum Gasteiger partial charge on any atom is 0.266 e.